The first kappa shape index (κ1) is 20.0. The molecule has 0 amide bonds. The Morgan fingerprint density at radius 2 is 2.00 bits per heavy atom. The first-order chi connectivity index (χ1) is 14.3. The number of rotatable bonds is 0. The highest BCUT2D eigenvalue weighted by molar-refractivity contribution is 5.38. The van der Waals surface area contributed by atoms with Crippen LogP contribution in [-0.2, 0) is 4.74 Å². The number of aliphatic hydroxyl groups excluding tert-OH is 1. The van der Waals surface area contributed by atoms with E-state index >= 15 is 0 Å². The minimum absolute atomic E-state index is 0.0222. The van der Waals surface area contributed by atoms with Crippen molar-refractivity contribution in [3.05, 3.63) is 22.8 Å². The van der Waals surface area contributed by atoms with Crippen molar-refractivity contribution < 1.29 is 9.84 Å². The second-order valence-corrected chi connectivity index (χ2v) is 12.2. The van der Waals surface area contributed by atoms with Crippen molar-refractivity contribution in [1.29, 1.82) is 0 Å². The Hall–Kier alpha value is -0.640. The van der Waals surface area contributed by atoms with Crippen molar-refractivity contribution in [3.8, 4) is 0 Å². The van der Waals surface area contributed by atoms with Crippen molar-refractivity contribution in [3.63, 3.8) is 0 Å². The van der Waals surface area contributed by atoms with E-state index in [1.807, 2.05) is 0 Å². The van der Waals surface area contributed by atoms with Crippen LogP contribution in [0, 0.1) is 35.0 Å². The third-order valence-electron chi connectivity index (χ3n) is 10.9. The summed E-state index contributed by atoms with van der Waals surface area (Å²) in [6, 6.07) is 0.530. The summed E-state index contributed by atoms with van der Waals surface area (Å²) in [5, 5.41) is 14.1. The van der Waals surface area contributed by atoms with Crippen LogP contribution in [0.2, 0.25) is 0 Å². The largest absolute Gasteiger partial charge is 0.393 e. The highest BCUT2D eigenvalue weighted by Gasteiger charge is 2.60. The second kappa shape index (κ2) is 6.68. The van der Waals surface area contributed by atoms with Gasteiger partial charge in [0.15, 0.2) is 0 Å². The lowest BCUT2D eigenvalue weighted by molar-refractivity contribution is -0.0549. The van der Waals surface area contributed by atoms with Gasteiger partial charge in [-0.15, -0.1) is 0 Å². The number of piperidine rings is 1. The van der Waals surface area contributed by atoms with E-state index in [9.17, 15) is 5.11 Å². The van der Waals surface area contributed by atoms with Gasteiger partial charge in [-0.3, -0.25) is 0 Å². The lowest BCUT2D eigenvalue weighted by Crippen LogP contribution is -2.49. The van der Waals surface area contributed by atoms with Gasteiger partial charge in [0.2, 0.25) is 0 Å². The molecule has 2 unspecified atom stereocenters. The van der Waals surface area contributed by atoms with Gasteiger partial charge in [0, 0.05) is 12.0 Å². The Morgan fingerprint density at radius 3 is 2.83 bits per heavy atom. The summed E-state index contributed by atoms with van der Waals surface area (Å²) < 4.78 is 7.03. The topological polar surface area (TPSA) is 41.5 Å². The summed E-state index contributed by atoms with van der Waals surface area (Å²) in [4.78, 5) is 0. The number of aliphatic hydroxyl groups is 1. The number of fused-ring (bicyclic) bond motifs is 6. The monoisotopic (exact) mass is 411 g/mol. The summed E-state index contributed by atoms with van der Waals surface area (Å²) in [5.74, 6) is 3.64. The van der Waals surface area contributed by atoms with E-state index in [4.69, 9.17) is 4.74 Å². The smallest absolute Gasteiger partial charge is 0.0937 e. The van der Waals surface area contributed by atoms with Gasteiger partial charge in [-0.2, -0.15) is 0 Å². The Balaban J connectivity index is 1.34. The zero-order valence-corrected chi connectivity index (χ0v) is 19.4. The maximum atomic E-state index is 10.3. The van der Waals surface area contributed by atoms with Gasteiger partial charge < -0.3 is 15.2 Å². The molecule has 0 bridgehead atoms. The normalized spacial score (nSPS) is 55.0. The van der Waals surface area contributed by atoms with Gasteiger partial charge in [0.25, 0.3) is 0 Å². The van der Waals surface area contributed by atoms with Crippen LogP contribution in [0.1, 0.15) is 79.1 Å². The van der Waals surface area contributed by atoms with Crippen LogP contribution < -0.4 is 5.32 Å². The summed E-state index contributed by atoms with van der Waals surface area (Å²) in [6.07, 6.45) is 12.2. The van der Waals surface area contributed by atoms with E-state index < -0.39 is 0 Å². The summed E-state index contributed by atoms with van der Waals surface area (Å²) in [5.41, 5.74) is 5.25. The molecule has 0 radical (unpaired) electrons. The molecule has 2 saturated carbocycles. The Morgan fingerprint density at radius 1 is 1.17 bits per heavy atom. The number of hydrogen-bond acceptors (Lipinski definition) is 3. The molecular weight excluding hydrogens is 370 g/mol. The van der Waals surface area contributed by atoms with Gasteiger partial charge in [0.1, 0.15) is 0 Å². The lowest BCUT2D eigenvalue weighted by atomic mass is 9.56. The molecule has 3 nitrogen and oxygen atoms in total. The van der Waals surface area contributed by atoms with Crippen LogP contribution in [0.5, 0.6) is 0 Å². The SMILES string of the molecule is CC1=C2C[C@H]3[C@@H](CC=C4C[C@@H](O)CC[C@@]43C)C2CC[C@]12OC1C[C@H](C)CN[C@H]1[C@H]2C. The molecule has 30 heavy (non-hydrogen) atoms. The van der Waals surface area contributed by atoms with Gasteiger partial charge >= 0.3 is 0 Å². The Bertz CT molecular complexity index is 801. The van der Waals surface area contributed by atoms with Crippen molar-refractivity contribution in [2.75, 3.05) is 6.54 Å². The molecule has 166 valence electrons. The van der Waals surface area contributed by atoms with Gasteiger partial charge in [-0.05, 0) is 99.5 Å². The summed E-state index contributed by atoms with van der Waals surface area (Å²) in [7, 11) is 0. The van der Waals surface area contributed by atoms with Gasteiger partial charge in [-0.1, -0.05) is 38.0 Å². The lowest BCUT2D eigenvalue weighted by Gasteiger charge is -2.49. The van der Waals surface area contributed by atoms with Gasteiger partial charge in [-0.25, -0.2) is 0 Å². The molecule has 3 heteroatoms. The van der Waals surface area contributed by atoms with Crippen molar-refractivity contribution >= 4 is 0 Å². The first-order valence-corrected chi connectivity index (χ1v) is 12.8. The molecule has 0 aromatic heterocycles. The van der Waals surface area contributed by atoms with Crippen molar-refractivity contribution in [1.82, 2.24) is 5.32 Å². The predicted molar refractivity (Wildman–Crippen MR) is 120 cm³/mol. The van der Waals surface area contributed by atoms with E-state index in [0.29, 0.717) is 23.5 Å². The average Bonchev–Trinajstić information content (AvgIpc) is 3.23. The third kappa shape index (κ3) is 2.55. The van der Waals surface area contributed by atoms with E-state index in [2.05, 4.69) is 39.1 Å². The molecular formula is C27H41NO2. The third-order valence-corrected chi connectivity index (χ3v) is 10.9. The van der Waals surface area contributed by atoms with Gasteiger partial charge in [0.05, 0.1) is 17.8 Å². The fourth-order valence-corrected chi connectivity index (χ4v) is 9.09. The number of ether oxygens (including phenoxy) is 1. The maximum absolute atomic E-state index is 10.3. The van der Waals surface area contributed by atoms with E-state index in [-0.39, 0.29) is 11.7 Å². The van der Waals surface area contributed by atoms with Crippen LogP contribution in [0.15, 0.2) is 22.8 Å². The molecule has 2 saturated heterocycles. The predicted octanol–water partition coefficient (Wildman–Crippen LogP) is 5.00. The second-order valence-electron chi connectivity index (χ2n) is 12.2. The zero-order valence-electron chi connectivity index (χ0n) is 19.4. The molecule has 4 fully saturated rings. The van der Waals surface area contributed by atoms with Crippen LogP contribution in [0.4, 0.5) is 0 Å². The summed E-state index contributed by atoms with van der Waals surface area (Å²) in [6.45, 7) is 10.9. The fourth-order valence-electron chi connectivity index (χ4n) is 9.09. The van der Waals surface area contributed by atoms with E-state index in [0.717, 1.165) is 43.1 Å². The van der Waals surface area contributed by atoms with Crippen LogP contribution >= 0.6 is 0 Å². The molecule has 10 atom stereocenters. The minimum atomic E-state index is -0.111. The highest BCUT2D eigenvalue weighted by atomic mass is 16.5. The molecule has 4 aliphatic carbocycles. The van der Waals surface area contributed by atoms with E-state index in [1.165, 1.54) is 38.5 Å². The van der Waals surface area contributed by atoms with Crippen LogP contribution in [-0.4, -0.2) is 35.5 Å². The fraction of sp³-hybridized carbons (Fsp3) is 0.852. The Labute approximate surface area is 182 Å². The molecule has 1 spiro atoms. The molecule has 2 heterocycles. The Kier molecular flexibility index (Phi) is 4.46. The molecule has 2 aliphatic heterocycles. The molecule has 6 aliphatic rings. The minimum Gasteiger partial charge on any atom is -0.393 e. The average molecular weight is 412 g/mol. The molecule has 2 N–H and O–H groups in total. The van der Waals surface area contributed by atoms with Crippen molar-refractivity contribution in [2.24, 2.45) is 35.0 Å². The highest BCUT2D eigenvalue weighted by Crippen LogP contribution is 2.65. The standard InChI is InChI=1S/C27H41NO2/c1-15-11-24-25(28-14-15)17(3)27(30-24)10-8-20-21-6-5-18-12-19(29)7-9-26(18,4)23(21)13-22(20)16(27)2/h5,15,17,19-21,23-25,28-29H,6-14H2,1-4H3/t15-,17+,19-,20?,21-,23-,24?,25-,26-,27-/m0/s1. The molecule has 0 aromatic rings. The van der Waals surface area contributed by atoms with Crippen molar-refractivity contribution in [2.45, 2.75) is 103 Å². The van der Waals surface area contributed by atoms with Crippen LogP contribution in [0.3, 0.4) is 0 Å². The molecule has 6 rings (SSSR count). The maximum Gasteiger partial charge on any atom is 0.0937 e. The number of allylic oxidation sites excluding steroid dienone is 2. The molecule has 0 aromatic carbocycles. The van der Waals surface area contributed by atoms with Crippen LogP contribution in [0.25, 0.3) is 0 Å². The zero-order chi connectivity index (χ0) is 20.8. The summed E-state index contributed by atoms with van der Waals surface area (Å²) >= 11 is 0. The number of nitrogens with one attached hydrogen (secondary N) is 1. The first-order valence-electron chi connectivity index (χ1n) is 12.8. The van der Waals surface area contributed by atoms with E-state index in [1.54, 1.807) is 16.7 Å². The number of hydrogen-bond donors (Lipinski definition) is 2. The quantitative estimate of drug-likeness (QED) is 0.551.